The van der Waals surface area contributed by atoms with E-state index >= 15 is 0 Å². The summed E-state index contributed by atoms with van der Waals surface area (Å²) in [5.41, 5.74) is 5.13. The van der Waals surface area contributed by atoms with Crippen LogP contribution in [-0.2, 0) is 19.1 Å². The van der Waals surface area contributed by atoms with Gasteiger partial charge in [-0.2, -0.15) is 0 Å². The molecule has 3 amide bonds. The summed E-state index contributed by atoms with van der Waals surface area (Å²) in [7, 11) is 0. The van der Waals surface area contributed by atoms with E-state index in [0.717, 1.165) is 30.6 Å². The summed E-state index contributed by atoms with van der Waals surface area (Å²) in [5, 5.41) is 7.24. The Morgan fingerprint density at radius 2 is 1.77 bits per heavy atom. The highest BCUT2D eigenvalue weighted by Crippen LogP contribution is 2.60. The van der Waals surface area contributed by atoms with Crippen LogP contribution in [-0.4, -0.2) is 36.3 Å². The fourth-order valence-corrected chi connectivity index (χ4v) is 6.63. The highest BCUT2D eigenvalue weighted by Gasteiger charge is 2.54. The highest BCUT2D eigenvalue weighted by molar-refractivity contribution is 7.14. The molecule has 1 aromatic rings. The molecule has 5 rings (SSSR count). The van der Waals surface area contributed by atoms with Crippen molar-refractivity contribution in [2.75, 3.05) is 11.9 Å². The first-order valence-corrected chi connectivity index (χ1v) is 11.3. The van der Waals surface area contributed by atoms with Gasteiger partial charge in [-0.3, -0.25) is 19.2 Å². The molecule has 4 N–H and O–H groups in total. The molecular weight excluding hydrogens is 406 g/mol. The molecule has 0 aliphatic heterocycles. The van der Waals surface area contributed by atoms with Crippen LogP contribution >= 0.6 is 11.3 Å². The van der Waals surface area contributed by atoms with Crippen LogP contribution in [0, 0.1) is 23.2 Å². The van der Waals surface area contributed by atoms with Crippen LogP contribution in [0.2, 0.25) is 0 Å². The first-order chi connectivity index (χ1) is 14.3. The summed E-state index contributed by atoms with van der Waals surface area (Å²) >= 11 is 1.15. The van der Waals surface area contributed by atoms with Gasteiger partial charge in [0.05, 0.1) is 5.56 Å². The molecule has 1 heterocycles. The summed E-state index contributed by atoms with van der Waals surface area (Å²) in [6, 6.07) is 1.51. The zero-order chi connectivity index (χ0) is 21.5. The Kier molecular flexibility index (Phi) is 5.57. The molecule has 4 bridgehead atoms. The third-order valence-electron chi connectivity index (χ3n) is 6.76. The van der Waals surface area contributed by atoms with Gasteiger partial charge in [0, 0.05) is 5.41 Å². The van der Waals surface area contributed by atoms with E-state index in [9.17, 15) is 19.2 Å². The molecule has 4 saturated carbocycles. The van der Waals surface area contributed by atoms with E-state index in [2.05, 4.69) is 10.6 Å². The maximum Gasteiger partial charge on any atom is 0.326 e. The topological polar surface area (TPSA) is 128 Å². The Labute approximate surface area is 178 Å². The first-order valence-electron chi connectivity index (χ1n) is 10.4. The normalized spacial score (nSPS) is 29.8. The van der Waals surface area contributed by atoms with Crippen molar-refractivity contribution in [3.05, 3.63) is 17.0 Å². The second kappa shape index (κ2) is 8.02. The summed E-state index contributed by atoms with van der Waals surface area (Å²) in [6.07, 6.45) is 5.40. The lowest BCUT2D eigenvalue weighted by molar-refractivity contribution is -0.155. The van der Waals surface area contributed by atoms with E-state index in [-0.39, 0.29) is 23.4 Å². The van der Waals surface area contributed by atoms with Crippen LogP contribution < -0.4 is 16.4 Å². The van der Waals surface area contributed by atoms with Crippen molar-refractivity contribution in [3.8, 4) is 0 Å². The van der Waals surface area contributed by atoms with E-state index in [4.69, 9.17) is 10.5 Å². The summed E-state index contributed by atoms with van der Waals surface area (Å²) in [6.45, 7) is 1.18. The lowest BCUT2D eigenvalue weighted by Crippen LogP contribution is -2.54. The Hall–Kier alpha value is -2.42. The van der Waals surface area contributed by atoms with Gasteiger partial charge in [0.15, 0.2) is 6.10 Å². The molecule has 0 aromatic carbocycles. The van der Waals surface area contributed by atoms with Gasteiger partial charge in [-0.15, -0.1) is 11.3 Å². The third-order valence-corrected chi connectivity index (χ3v) is 7.59. The van der Waals surface area contributed by atoms with Crippen LogP contribution in [0.25, 0.3) is 0 Å². The second-order valence-corrected chi connectivity index (χ2v) is 9.95. The Morgan fingerprint density at radius 3 is 2.33 bits per heavy atom. The zero-order valence-corrected chi connectivity index (χ0v) is 17.8. The summed E-state index contributed by atoms with van der Waals surface area (Å²) < 4.78 is 5.15. The van der Waals surface area contributed by atoms with Gasteiger partial charge < -0.3 is 21.1 Å². The number of amides is 3. The molecule has 1 aromatic heterocycles. The number of rotatable bonds is 7. The zero-order valence-electron chi connectivity index (χ0n) is 16.9. The molecule has 4 aliphatic carbocycles. The van der Waals surface area contributed by atoms with Gasteiger partial charge in [0.2, 0.25) is 5.91 Å². The van der Waals surface area contributed by atoms with Crippen molar-refractivity contribution < 1.29 is 23.9 Å². The molecule has 0 spiro atoms. The molecule has 8 nitrogen and oxygen atoms in total. The number of ether oxygens (including phenoxy) is 1. The molecular formula is C21H27N3O5S. The van der Waals surface area contributed by atoms with Gasteiger partial charge in [-0.05, 0) is 74.6 Å². The van der Waals surface area contributed by atoms with Gasteiger partial charge in [0.25, 0.3) is 11.8 Å². The number of anilines is 1. The molecule has 30 heavy (non-hydrogen) atoms. The maximum atomic E-state index is 12.9. The fraction of sp³-hybridized carbons (Fsp3) is 0.619. The number of hydrogen-bond donors (Lipinski definition) is 3. The predicted octanol–water partition coefficient (Wildman–Crippen LogP) is 2.05. The van der Waals surface area contributed by atoms with Crippen LogP contribution in [0.1, 0.15) is 55.8 Å². The molecule has 162 valence electrons. The smallest absolute Gasteiger partial charge is 0.326 e. The van der Waals surface area contributed by atoms with Crippen LogP contribution in [0.4, 0.5) is 5.00 Å². The van der Waals surface area contributed by atoms with Crippen LogP contribution in [0.3, 0.4) is 0 Å². The number of nitrogens with one attached hydrogen (secondary N) is 2. The van der Waals surface area contributed by atoms with E-state index in [0.29, 0.717) is 22.8 Å². The number of esters is 1. The standard InChI is InChI=1S/C21H27N3O5S/c1-11(18(27)24-19-15(17(22)26)2-3-30-19)29-16(25)10-23-20(28)21-7-12-4-13(8-21)6-14(5-12)9-21/h2-3,11-14H,4-10H2,1H3,(H2,22,26)(H,23,28)(H,24,27)/t11-,12?,13?,14?,21?/m0/s1. The molecule has 9 heteroatoms. The van der Waals surface area contributed by atoms with Crippen molar-refractivity contribution in [2.45, 2.75) is 51.6 Å². The molecule has 0 unspecified atom stereocenters. The quantitative estimate of drug-likeness (QED) is 0.567. The lowest BCUT2D eigenvalue weighted by Gasteiger charge is -2.55. The van der Waals surface area contributed by atoms with E-state index in [1.807, 2.05) is 0 Å². The Morgan fingerprint density at radius 1 is 1.17 bits per heavy atom. The van der Waals surface area contributed by atoms with E-state index in [1.165, 1.54) is 32.3 Å². The van der Waals surface area contributed by atoms with E-state index < -0.39 is 23.9 Å². The number of nitrogens with two attached hydrogens (primary N) is 1. The fourth-order valence-electron chi connectivity index (χ4n) is 5.83. The average Bonchev–Trinajstić information content (AvgIpc) is 3.13. The molecule has 4 fully saturated rings. The summed E-state index contributed by atoms with van der Waals surface area (Å²) in [5.74, 6) is -0.0256. The average molecular weight is 434 g/mol. The molecule has 0 saturated heterocycles. The largest absolute Gasteiger partial charge is 0.451 e. The van der Waals surface area contributed by atoms with Crippen molar-refractivity contribution in [1.82, 2.24) is 5.32 Å². The SMILES string of the molecule is C[C@H](OC(=O)CNC(=O)C12CC3CC(CC(C3)C1)C2)C(=O)Nc1sccc1C(N)=O. The second-order valence-electron chi connectivity index (χ2n) is 9.03. The van der Waals surface area contributed by atoms with Crippen molar-refractivity contribution >= 4 is 40.0 Å². The van der Waals surface area contributed by atoms with E-state index in [1.54, 1.807) is 5.38 Å². The number of carbonyl (C=O) groups excluding carboxylic acids is 4. The van der Waals surface area contributed by atoms with Crippen molar-refractivity contribution in [1.29, 1.82) is 0 Å². The number of carbonyl (C=O) groups is 4. The number of primary amides is 1. The number of thiophene rings is 1. The van der Waals surface area contributed by atoms with Crippen molar-refractivity contribution in [3.63, 3.8) is 0 Å². The van der Waals surface area contributed by atoms with Crippen molar-refractivity contribution in [2.24, 2.45) is 28.9 Å². The van der Waals surface area contributed by atoms with Crippen LogP contribution in [0.5, 0.6) is 0 Å². The minimum absolute atomic E-state index is 0.0552. The van der Waals surface area contributed by atoms with Gasteiger partial charge in [-0.1, -0.05) is 0 Å². The summed E-state index contributed by atoms with van der Waals surface area (Å²) in [4.78, 5) is 48.7. The molecule has 1 atom stereocenters. The van der Waals surface area contributed by atoms with Gasteiger partial charge in [0.1, 0.15) is 11.5 Å². The molecule has 4 aliphatic rings. The van der Waals surface area contributed by atoms with Gasteiger partial charge >= 0.3 is 5.97 Å². The minimum atomic E-state index is -1.07. The molecule has 0 radical (unpaired) electrons. The third kappa shape index (κ3) is 4.08. The lowest BCUT2D eigenvalue weighted by atomic mass is 9.49. The van der Waals surface area contributed by atoms with Crippen LogP contribution in [0.15, 0.2) is 11.4 Å². The highest BCUT2D eigenvalue weighted by atomic mass is 32.1. The number of hydrogen-bond acceptors (Lipinski definition) is 6. The Bertz CT molecular complexity index is 844. The van der Waals surface area contributed by atoms with Gasteiger partial charge in [-0.25, -0.2) is 0 Å². The Balaban J connectivity index is 1.26. The first kappa shape index (κ1) is 20.8. The minimum Gasteiger partial charge on any atom is -0.451 e. The predicted molar refractivity (Wildman–Crippen MR) is 111 cm³/mol. The monoisotopic (exact) mass is 433 g/mol. The maximum absolute atomic E-state index is 12.9.